The average Bonchev–Trinajstić information content (AvgIpc) is 2.31. The molecule has 0 amide bonds. The molecule has 1 aromatic heterocycles. The van der Waals surface area contributed by atoms with Gasteiger partial charge >= 0.3 is 0 Å². The van der Waals surface area contributed by atoms with Gasteiger partial charge in [0.25, 0.3) is 0 Å². The molecule has 0 fully saturated rings. The number of quaternary nitrogens is 1. The minimum Gasteiger partial charge on any atom is -0.343 e. The van der Waals surface area contributed by atoms with Crippen molar-refractivity contribution >= 4 is 12.1 Å². The quantitative estimate of drug-likeness (QED) is 0.568. The molecule has 0 aromatic carbocycles. The van der Waals surface area contributed by atoms with Crippen molar-refractivity contribution in [2.45, 2.75) is 6.92 Å². The predicted octanol–water partition coefficient (Wildman–Crippen LogP) is -0.413. The second-order valence-corrected chi connectivity index (χ2v) is 3.00. The average molecular weight is 165 g/mol. The minimum absolute atomic E-state index is 0.671. The first-order valence-electron chi connectivity index (χ1n) is 3.86. The van der Waals surface area contributed by atoms with E-state index in [4.69, 9.17) is 0 Å². The fraction of sp³-hybridized carbons (Fsp3) is 0.429. The van der Waals surface area contributed by atoms with Crippen LogP contribution < -0.4 is 5.01 Å². The maximum atomic E-state index is 4.30. The highest BCUT2D eigenvalue weighted by Gasteiger charge is 2.07. The Morgan fingerprint density at radius 1 is 1.67 bits per heavy atom. The maximum Gasteiger partial charge on any atom is 0.113 e. The first-order chi connectivity index (χ1) is 5.75. The first kappa shape index (κ1) is 7.30. The van der Waals surface area contributed by atoms with Crippen molar-refractivity contribution in [3.8, 4) is 0 Å². The van der Waals surface area contributed by atoms with E-state index >= 15 is 0 Å². The summed E-state index contributed by atoms with van der Waals surface area (Å²) in [7, 11) is 2.00. The van der Waals surface area contributed by atoms with Gasteiger partial charge in [-0.25, -0.2) is 10.5 Å². The van der Waals surface area contributed by atoms with Crippen LogP contribution in [-0.2, 0) is 0 Å². The smallest absolute Gasteiger partial charge is 0.113 e. The van der Waals surface area contributed by atoms with E-state index in [-0.39, 0.29) is 0 Å². The topological polar surface area (TPSA) is 49.2 Å². The normalized spacial score (nSPS) is 22.2. The van der Waals surface area contributed by atoms with Crippen molar-refractivity contribution in [2.75, 3.05) is 13.6 Å². The van der Waals surface area contributed by atoms with Crippen LogP contribution in [0.1, 0.15) is 6.92 Å². The van der Waals surface area contributed by atoms with E-state index in [0.717, 1.165) is 11.6 Å². The molecule has 5 heteroatoms. The number of nitrogens with one attached hydrogen (secondary N) is 1. The third-order valence-electron chi connectivity index (χ3n) is 1.72. The molecule has 12 heavy (non-hydrogen) atoms. The zero-order valence-corrected chi connectivity index (χ0v) is 7.15. The van der Waals surface area contributed by atoms with Gasteiger partial charge in [0.2, 0.25) is 0 Å². The molecule has 1 aliphatic rings. The molecule has 2 heterocycles. The third kappa shape index (κ3) is 1.18. The minimum atomic E-state index is 0.671. The summed E-state index contributed by atoms with van der Waals surface area (Å²) in [5.41, 5.74) is 5.55. The van der Waals surface area contributed by atoms with Crippen LogP contribution in [0.3, 0.4) is 0 Å². The summed E-state index contributed by atoms with van der Waals surface area (Å²) in [5.74, 6) is 0.671. The van der Waals surface area contributed by atoms with Crippen molar-refractivity contribution < 1.29 is 5.01 Å². The predicted molar refractivity (Wildman–Crippen MR) is 44.7 cm³/mol. The van der Waals surface area contributed by atoms with E-state index in [0.29, 0.717) is 5.95 Å². The molecule has 0 saturated heterocycles. The van der Waals surface area contributed by atoms with Crippen LogP contribution in [-0.4, -0.2) is 28.4 Å². The lowest BCUT2D eigenvalue weighted by atomic mass is 10.3. The molecule has 0 spiro atoms. The lowest BCUT2D eigenvalue weighted by Crippen LogP contribution is -3.04. The number of aromatic nitrogens is 3. The zero-order valence-electron chi connectivity index (χ0n) is 7.15. The Labute approximate surface area is 70.7 Å². The Morgan fingerprint density at radius 3 is 3.33 bits per heavy atom. The molecule has 0 radical (unpaired) electrons. The van der Waals surface area contributed by atoms with Gasteiger partial charge in [-0.3, -0.25) is 5.01 Å². The zero-order chi connectivity index (χ0) is 8.55. The number of nitrogens with zero attached hydrogens (tertiary/aromatic N) is 4. The van der Waals surface area contributed by atoms with Gasteiger partial charge in [0.1, 0.15) is 6.54 Å². The van der Waals surface area contributed by atoms with E-state index in [9.17, 15) is 0 Å². The summed E-state index contributed by atoms with van der Waals surface area (Å²) < 4.78 is 1.70. The Balaban J connectivity index is 2.41. The Kier molecular flexibility index (Phi) is 1.58. The SMILES string of the molecule is CC1=Cn2ncnc2[N-][NH+](C)C1. The van der Waals surface area contributed by atoms with E-state index in [2.05, 4.69) is 22.4 Å². The van der Waals surface area contributed by atoms with Gasteiger partial charge in [-0.1, -0.05) is 0 Å². The highest BCUT2D eigenvalue weighted by molar-refractivity contribution is 5.41. The number of likely N-dealkylation sites (N-methyl/N-ethyl adjacent to an activating group) is 1. The maximum absolute atomic E-state index is 4.30. The van der Waals surface area contributed by atoms with E-state index in [1.54, 1.807) is 4.68 Å². The molecule has 0 aliphatic carbocycles. The molecular weight excluding hydrogens is 154 g/mol. The second-order valence-electron chi connectivity index (χ2n) is 3.00. The third-order valence-corrected chi connectivity index (χ3v) is 1.72. The highest BCUT2D eigenvalue weighted by atomic mass is 15.6. The number of rotatable bonds is 0. The van der Waals surface area contributed by atoms with Crippen LogP contribution in [0.15, 0.2) is 11.9 Å². The largest absolute Gasteiger partial charge is 0.343 e. The van der Waals surface area contributed by atoms with E-state index < -0.39 is 0 Å². The van der Waals surface area contributed by atoms with Crippen LogP contribution in [0, 0.1) is 0 Å². The van der Waals surface area contributed by atoms with Crippen molar-refractivity contribution in [3.05, 3.63) is 17.3 Å². The highest BCUT2D eigenvalue weighted by Crippen LogP contribution is 2.11. The molecule has 0 bridgehead atoms. The van der Waals surface area contributed by atoms with Gasteiger partial charge in [0.05, 0.1) is 19.3 Å². The summed E-state index contributed by atoms with van der Waals surface area (Å²) in [4.78, 5) is 4.02. The molecule has 64 valence electrons. The van der Waals surface area contributed by atoms with Crippen LogP contribution in [0.4, 0.5) is 5.95 Å². The Bertz CT molecular complexity index is 313. The number of hydrogen-bond donors (Lipinski definition) is 1. The fourth-order valence-electron chi connectivity index (χ4n) is 1.28. The van der Waals surface area contributed by atoms with Gasteiger partial charge in [-0.05, 0) is 18.7 Å². The van der Waals surface area contributed by atoms with Crippen molar-refractivity contribution in [1.29, 1.82) is 0 Å². The molecule has 1 atom stereocenters. The molecule has 2 rings (SSSR count). The molecular formula is C7H11N5. The van der Waals surface area contributed by atoms with Crippen LogP contribution in [0.25, 0.3) is 11.6 Å². The summed E-state index contributed by atoms with van der Waals surface area (Å²) >= 11 is 0. The molecule has 1 aromatic rings. The van der Waals surface area contributed by atoms with Crippen molar-refractivity contribution in [1.82, 2.24) is 14.8 Å². The summed E-state index contributed by atoms with van der Waals surface area (Å²) in [6.07, 6.45) is 3.48. The Morgan fingerprint density at radius 2 is 2.50 bits per heavy atom. The molecule has 1 unspecified atom stereocenters. The second kappa shape index (κ2) is 2.60. The standard InChI is InChI=1S/C7H11N5/c1-6-3-11(2)10-7-8-5-9-12(7)4-6/h4-5,11H,3H2,1-2H3. The van der Waals surface area contributed by atoms with Gasteiger partial charge in [-0.2, -0.15) is 0 Å². The first-order valence-corrected chi connectivity index (χ1v) is 3.86. The van der Waals surface area contributed by atoms with Crippen LogP contribution in [0.2, 0.25) is 0 Å². The van der Waals surface area contributed by atoms with Gasteiger partial charge in [0.15, 0.2) is 0 Å². The monoisotopic (exact) mass is 165 g/mol. The van der Waals surface area contributed by atoms with Gasteiger partial charge in [-0.15, -0.1) is 0 Å². The molecule has 5 nitrogen and oxygen atoms in total. The summed E-state index contributed by atoms with van der Waals surface area (Å²) in [5, 5.41) is 5.10. The molecule has 0 saturated carbocycles. The fourth-order valence-corrected chi connectivity index (χ4v) is 1.28. The summed E-state index contributed by atoms with van der Waals surface area (Å²) in [6, 6.07) is 0. The molecule has 1 aliphatic heterocycles. The van der Waals surface area contributed by atoms with Crippen LogP contribution in [0.5, 0.6) is 0 Å². The van der Waals surface area contributed by atoms with Crippen molar-refractivity contribution in [3.63, 3.8) is 0 Å². The number of hydrogen-bond acceptors (Lipinski definition) is 2. The lowest BCUT2D eigenvalue weighted by molar-refractivity contribution is -0.831. The van der Waals surface area contributed by atoms with Crippen LogP contribution >= 0.6 is 0 Å². The Hall–Kier alpha value is -1.36. The summed E-state index contributed by atoms with van der Waals surface area (Å²) in [6.45, 7) is 2.97. The van der Waals surface area contributed by atoms with E-state index in [1.165, 1.54) is 11.9 Å². The van der Waals surface area contributed by atoms with Gasteiger partial charge in [0, 0.05) is 0 Å². The molecule has 1 N–H and O–H groups in total. The number of fused-ring (bicyclic) bond motifs is 1. The lowest BCUT2D eigenvalue weighted by Gasteiger charge is -2.14. The van der Waals surface area contributed by atoms with Crippen molar-refractivity contribution in [2.24, 2.45) is 0 Å². The van der Waals surface area contributed by atoms with Gasteiger partial charge < -0.3 is 9.67 Å². The van der Waals surface area contributed by atoms with E-state index in [1.807, 2.05) is 13.2 Å².